The molecule has 1 aliphatic rings. The van der Waals surface area contributed by atoms with Crippen LogP contribution in [0.25, 0.3) is 11.0 Å². The van der Waals surface area contributed by atoms with Gasteiger partial charge in [0.2, 0.25) is 5.78 Å². The third kappa shape index (κ3) is 5.40. The molecule has 2 heterocycles. The van der Waals surface area contributed by atoms with Crippen LogP contribution in [-0.2, 0) is 27.3 Å². The molecule has 35 heavy (non-hydrogen) atoms. The molecule has 0 radical (unpaired) electrons. The van der Waals surface area contributed by atoms with Crippen LogP contribution < -0.4 is 15.6 Å². The number of ketones is 1. The number of nitrogens with one attached hydrogen (secondary N) is 1. The zero-order chi connectivity index (χ0) is 24.9. The molecule has 1 aliphatic heterocycles. The lowest BCUT2D eigenvalue weighted by Gasteiger charge is -2.19. The molecule has 0 aliphatic carbocycles. The van der Waals surface area contributed by atoms with E-state index in [0.717, 1.165) is 18.4 Å². The number of amides is 1. The number of nitrogens with zero attached hydrogens (tertiary/aromatic N) is 2. The highest BCUT2D eigenvalue weighted by molar-refractivity contribution is 6.03. The molecule has 1 aromatic heterocycles. The molecule has 4 rings (SSSR count). The summed E-state index contributed by atoms with van der Waals surface area (Å²) >= 11 is 0. The van der Waals surface area contributed by atoms with Gasteiger partial charge >= 0.3 is 5.97 Å². The van der Waals surface area contributed by atoms with Gasteiger partial charge < -0.3 is 19.4 Å². The molecule has 0 saturated heterocycles. The van der Waals surface area contributed by atoms with Crippen LogP contribution >= 0.6 is 0 Å². The maximum atomic E-state index is 13.0. The Morgan fingerprint density at radius 1 is 1.20 bits per heavy atom. The Kier molecular flexibility index (Phi) is 7.24. The average Bonchev–Trinajstić information content (AvgIpc) is 2.86. The molecule has 9 heteroatoms. The van der Waals surface area contributed by atoms with E-state index in [1.54, 1.807) is 16.7 Å². The summed E-state index contributed by atoms with van der Waals surface area (Å²) < 4.78 is 12.3. The molecule has 0 unspecified atom stereocenters. The van der Waals surface area contributed by atoms with Gasteiger partial charge in [0, 0.05) is 18.5 Å². The summed E-state index contributed by atoms with van der Waals surface area (Å²) in [5, 5.41) is 2.65. The molecule has 182 valence electrons. The smallest absolute Gasteiger partial charge is 0.306 e. The Labute approximate surface area is 202 Å². The van der Waals surface area contributed by atoms with E-state index in [-0.39, 0.29) is 36.5 Å². The maximum absolute atomic E-state index is 13.0. The van der Waals surface area contributed by atoms with Crippen molar-refractivity contribution in [2.24, 2.45) is 0 Å². The quantitative estimate of drug-likeness (QED) is 0.371. The Morgan fingerprint density at radius 3 is 2.80 bits per heavy atom. The van der Waals surface area contributed by atoms with E-state index < -0.39 is 17.9 Å². The number of aromatic nitrogens is 2. The van der Waals surface area contributed by atoms with Crippen LogP contribution in [0.15, 0.2) is 47.3 Å². The average molecular weight is 478 g/mol. The van der Waals surface area contributed by atoms with Gasteiger partial charge in [0.15, 0.2) is 12.7 Å². The van der Waals surface area contributed by atoms with Crippen LogP contribution in [0.4, 0.5) is 5.69 Å². The van der Waals surface area contributed by atoms with Crippen molar-refractivity contribution in [3.8, 4) is 5.75 Å². The van der Waals surface area contributed by atoms with Crippen LogP contribution in [0.3, 0.4) is 0 Å². The standard InChI is InChI=1S/C26H27N3O6/c1-3-4-13-29-21-8-6-5-7-18(21)27-19(26(29)33)10-12-24(31)35-16(2)25(32)17-9-11-22-20(14-17)28-23(30)15-34-22/h5-9,11,14,16H,3-4,10,12-13,15H2,1-2H3,(H,28,30)/t16-/m0/s1. The second-order valence-electron chi connectivity index (χ2n) is 8.40. The van der Waals surface area contributed by atoms with E-state index in [0.29, 0.717) is 29.2 Å². The van der Waals surface area contributed by atoms with Crippen molar-refractivity contribution >= 4 is 34.4 Å². The Bertz CT molecular complexity index is 1350. The van der Waals surface area contributed by atoms with E-state index >= 15 is 0 Å². The van der Waals surface area contributed by atoms with Crippen molar-refractivity contribution < 1.29 is 23.9 Å². The number of Topliss-reactive ketones (excluding diaryl/α,β-unsaturated/α-hetero) is 1. The molecule has 0 spiro atoms. The number of benzene rings is 2. The third-order valence-corrected chi connectivity index (χ3v) is 5.80. The molecule has 3 aromatic rings. The Morgan fingerprint density at radius 2 is 2.00 bits per heavy atom. The minimum Gasteiger partial charge on any atom is -0.482 e. The molecular weight excluding hydrogens is 450 g/mol. The van der Waals surface area contributed by atoms with Crippen LogP contribution in [0.2, 0.25) is 0 Å². The van der Waals surface area contributed by atoms with Crippen molar-refractivity contribution in [2.75, 3.05) is 11.9 Å². The Balaban J connectivity index is 1.42. The number of para-hydroxylation sites is 2. The largest absolute Gasteiger partial charge is 0.482 e. The second-order valence-corrected chi connectivity index (χ2v) is 8.40. The van der Waals surface area contributed by atoms with Crippen LogP contribution in [0.5, 0.6) is 5.75 Å². The first-order valence-corrected chi connectivity index (χ1v) is 11.7. The van der Waals surface area contributed by atoms with Crippen molar-refractivity contribution in [1.29, 1.82) is 0 Å². The molecule has 0 bridgehead atoms. The number of rotatable bonds is 9. The van der Waals surface area contributed by atoms with Crippen LogP contribution in [0, 0.1) is 0 Å². The fraction of sp³-hybridized carbons (Fsp3) is 0.346. The molecule has 0 saturated carbocycles. The van der Waals surface area contributed by atoms with E-state index in [2.05, 4.69) is 17.2 Å². The maximum Gasteiger partial charge on any atom is 0.306 e. The van der Waals surface area contributed by atoms with Gasteiger partial charge in [0.05, 0.1) is 23.1 Å². The first-order valence-electron chi connectivity index (χ1n) is 11.7. The SMILES string of the molecule is CCCCn1c(=O)c(CCC(=O)O[C@@H](C)C(=O)c2ccc3c(c2)NC(=O)CO3)nc2ccccc21. The summed E-state index contributed by atoms with van der Waals surface area (Å²) in [6, 6.07) is 12.1. The van der Waals surface area contributed by atoms with E-state index in [9.17, 15) is 19.2 Å². The van der Waals surface area contributed by atoms with Crippen LogP contribution in [-0.4, -0.2) is 39.9 Å². The lowest BCUT2D eigenvalue weighted by Crippen LogP contribution is -2.28. The fourth-order valence-electron chi connectivity index (χ4n) is 3.95. The first-order chi connectivity index (χ1) is 16.9. The van der Waals surface area contributed by atoms with Gasteiger partial charge in [-0.3, -0.25) is 19.2 Å². The van der Waals surface area contributed by atoms with Crippen molar-refractivity contribution in [3.05, 3.63) is 64.1 Å². The summed E-state index contributed by atoms with van der Waals surface area (Å²) in [6.07, 6.45) is 0.789. The van der Waals surface area contributed by atoms with Gasteiger partial charge in [0.1, 0.15) is 11.4 Å². The van der Waals surface area contributed by atoms with E-state index in [4.69, 9.17) is 9.47 Å². The molecule has 9 nitrogen and oxygen atoms in total. The molecule has 1 N–H and O–H groups in total. The highest BCUT2D eigenvalue weighted by Crippen LogP contribution is 2.29. The first kappa shape index (κ1) is 24.1. The summed E-state index contributed by atoms with van der Waals surface area (Å²) in [5.41, 5.74) is 2.22. The number of ether oxygens (including phenoxy) is 2. The number of hydrogen-bond acceptors (Lipinski definition) is 7. The summed E-state index contributed by atoms with van der Waals surface area (Å²) in [6.45, 7) is 4.04. The highest BCUT2D eigenvalue weighted by atomic mass is 16.5. The second kappa shape index (κ2) is 10.5. The monoisotopic (exact) mass is 477 g/mol. The number of aryl methyl sites for hydroxylation is 2. The highest BCUT2D eigenvalue weighted by Gasteiger charge is 2.23. The van der Waals surface area contributed by atoms with E-state index in [1.165, 1.54) is 13.0 Å². The number of carbonyl (C=O) groups excluding carboxylic acids is 3. The minimum absolute atomic E-state index is 0.0793. The number of anilines is 1. The zero-order valence-electron chi connectivity index (χ0n) is 19.7. The fourth-order valence-corrected chi connectivity index (χ4v) is 3.95. The van der Waals surface area contributed by atoms with Crippen molar-refractivity contribution in [3.63, 3.8) is 0 Å². The number of esters is 1. The Hall–Kier alpha value is -4.01. The lowest BCUT2D eigenvalue weighted by molar-refractivity contribution is -0.146. The number of fused-ring (bicyclic) bond motifs is 2. The predicted octanol–water partition coefficient (Wildman–Crippen LogP) is 3.27. The van der Waals surface area contributed by atoms with E-state index in [1.807, 2.05) is 24.3 Å². The van der Waals surface area contributed by atoms with Gasteiger partial charge in [-0.15, -0.1) is 0 Å². The molecule has 0 fully saturated rings. The van der Waals surface area contributed by atoms with Gasteiger partial charge in [-0.1, -0.05) is 25.5 Å². The molecule has 1 atom stereocenters. The lowest BCUT2D eigenvalue weighted by atomic mass is 10.1. The van der Waals surface area contributed by atoms with Gasteiger partial charge in [-0.05, 0) is 43.7 Å². The topological polar surface area (TPSA) is 117 Å². The number of unbranched alkanes of at least 4 members (excludes halogenated alkanes) is 1. The number of hydrogen-bond donors (Lipinski definition) is 1. The third-order valence-electron chi connectivity index (χ3n) is 5.80. The number of carbonyl (C=O) groups is 3. The molecule has 1 amide bonds. The predicted molar refractivity (Wildman–Crippen MR) is 130 cm³/mol. The minimum atomic E-state index is -1.04. The molecular formula is C26H27N3O6. The van der Waals surface area contributed by atoms with Gasteiger partial charge in [0.25, 0.3) is 11.5 Å². The molecule has 2 aromatic carbocycles. The zero-order valence-corrected chi connectivity index (χ0v) is 19.7. The summed E-state index contributed by atoms with van der Waals surface area (Å²) in [4.78, 5) is 54.3. The van der Waals surface area contributed by atoms with Gasteiger partial charge in [-0.25, -0.2) is 4.98 Å². The summed E-state index contributed by atoms with van der Waals surface area (Å²) in [7, 11) is 0. The van der Waals surface area contributed by atoms with Gasteiger partial charge in [-0.2, -0.15) is 0 Å². The van der Waals surface area contributed by atoms with Crippen molar-refractivity contribution in [2.45, 2.75) is 52.2 Å². The summed E-state index contributed by atoms with van der Waals surface area (Å²) in [5.74, 6) is -0.849. The normalized spacial score (nSPS) is 13.5. The van der Waals surface area contributed by atoms with Crippen molar-refractivity contribution in [1.82, 2.24) is 9.55 Å². The van der Waals surface area contributed by atoms with Crippen LogP contribution in [0.1, 0.15) is 49.2 Å².